The predicted octanol–water partition coefficient (Wildman–Crippen LogP) is -0.884. The molecule has 8 nitrogen and oxygen atoms in total. The van der Waals surface area contributed by atoms with Gasteiger partial charge in [-0.1, -0.05) is 11.6 Å². The zero-order valence-electron chi connectivity index (χ0n) is 8.14. The van der Waals surface area contributed by atoms with Crippen molar-refractivity contribution in [2.45, 2.75) is 0 Å². The minimum Gasteiger partial charge on any atom is -0.368 e. The van der Waals surface area contributed by atoms with Crippen molar-refractivity contribution < 1.29 is 8.42 Å². The van der Waals surface area contributed by atoms with Gasteiger partial charge in [0.15, 0.2) is 5.82 Å². The standard InChI is InChI=1S/C6H11ClN6O2S/c7-4-3-11-6(13-8)12-5(4)10-1-2-16(9,14)15/h3H,1-2,8H2,(H2,9,14,15)(H2,10,11,12,13). The summed E-state index contributed by atoms with van der Waals surface area (Å²) < 4.78 is 21.3. The lowest BCUT2D eigenvalue weighted by molar-refractivity contribution is 0.598. The number of nitrogens with two attached hydrogens (primary N) is 2. The van der Waals surface area contributed by atoms with E-state index >= 15 is 0 Å². The molecule has 1 rings (SSSR count). The van der Waals surface area contributed by atoms with Crippen LogP contribution in [0, 0.1) is 0 Å². The normalized spacial score (nSPS) is 11.2. The summed E-state index contributed by atoms with van der Waals surface area (Å²) in [6, 6.07) is 0. The van der Waals surface area contributed by atoms with E-state index in [0.29, 0.717) is 0 Å². The van der Waals surface area contributed by atoms with E-state index in [2.05, 4.69) is 20.7 Å². The molecule has 1 aromatic rings. The summed E-state index contributed by atoms with van der Waals surface area (Å²) in [7, 11) is -3.51. The van der Waals surface area contributed by atoms with E-state index in [4.69, 9.17) is 22.6 Å². The summed E-state index contributed by atoms with van der Waals surface area (Å²) in [6.07, 6.45) is 1.34. The van der Waals surface area contributed by atoms with Gasteiger partial charge in [-0.2, -0.15) is 4.98 Å². The molecular formula is C6H11ClN6O2S. The quantitative estimate of drug-likeness (QED) is 0.401. The summed E-state index contributed by atoms with van der Waals surface area (Å²) in [5.74, 6) is 5.34. The highest BCUT2D eigenvalue weighted by Crippen LogP contribution is 2.18. The summed E-state index contributed by atoms with van der Waals surface area (Å²) >= 11 is 5.77. The first kappa shape index (κ1) is 12.9. The second-order valence-electron chi connectivity index (χ2n) is 2.83. The molecule has 6 N–H and O–H groups in total. The Bertz CT molecular complexity index is 464. The summed E-state index contributed by atoms with van der Waals surface area (Å²) in [4.78, 5) is 7.64. The van der Waals surface area contributed by atoms with E-state index in [1.54, 1.807) is 0 Å². The summed E-state index contributed by atoms with van der Waals surface area (Å²) in [5.41, 5.74) is 2.24. The van der Waals surface area contributed by atoms with Gasteiger partial charge in [0.2, 0.25) is 16.0 Å². The van der Waals surface area contributed by atoms with Gasteiger partial charge >= 0.3 is 0 Å². The van der Waals surface area contributed by atoms with Crippen molar-refractivity contribution in [2.75, 3.05) is 23.0 Å². The Kier molecular flexibility index (Phi) is 4.24. The minimum atomic E-state index is -3.51. The molecule has 0 saturated heterocycles. The topological polar surface area (TPSA) is 136 Å². The Balaban J connectivity index is 2.66. The van der Waals surface area contributed by atoms with Gasteiger partial charge < -0.3 is 5.32 Å². The van der Waals surface area contributed by atoms with Crippen LogP contribution < -0.4 is 21.7 Å². The van der Waals surface area contributed by atoms with Gasteiger partial charge in [0, 0.05) is 6.54 Å². The first-order valence-electron chi connectivity index (χ1n) is 4.16. The Morgan fingerprint density at radius 3 is 2.75 bits per heavy atom. The average molecular weight is 267 g/mol. The van der Waals surface area contributed by atoms with Crippen molar-refractivity contribution in [1.82, 2.24) is 9.97 Å². The highest BCUT2D eigenvalue weighted by Gasteiger charge is 2.06. The maximum atomic E-state index is 10.7. The van der Waals surface area contributed by atoms with Gasteiger partial charge in [0.25, 0.3) is 0 Å². The molecule has 90 valence electrons. The zero-order valence-corrected chi connectivity index (χ0v) is 9.72. The number of nitrogen functional groups attached to an aromatic ring is 1. The van der Waals surface area contributed by atoms with Crippen LogP contribution in [-0.2, 0) is 10.0 Å². The Labute approximate surface area is 97.4 Å². The monoisotopic (exact) mass is 266 g/mol. The lowest BCUT2D eigenvalue weighted by Crippen LogP contribution is -2.23. The first-order valence-corrected chi connectivity index (χ1v) is 6.25. The van der Waals surface area contributed by atoms with E-state index in [9.17, 15) is 8.42 Å². The van der Waals surface area contributed by atoms with Gasteiger partial charge in [-0.15, -0.1) is 0 Å². The van der Waals surface area contributed by atoms with Crippen LogP contribution in [0.4, 0.5) is 11.8 Å². The number of primary sulfonamides is 1. The van der Waals surface area contributed by atoms with Crippen LogP contribution >= 0.6 is 11.6 Å². The van der Waals surface area contributed by atoms with Crippen molar-refractivity contribution in [3.63, 3.8) is 0 Å². The molecule has 0 unspecified atom stereocenters. The van der Waals surface area contributed by atoms with Gasteiger partial charge in [0.1, 0.15) is 5.02 Å². The molecule has 10 heteroatoms. The van der Waals surface area contributed by atoms with Gasteiger partial charge in [0.05, 0.1) is 11.9 Å². The SMILES string of the molecule is NNc1ncc(Cl)c(NCCS(N)(=O)=O)n1. The fourth-order valence-electron chi connectivity index (χ4n) is 0.872. The number of hydrazine groups is 1. The van der Waals surface area contributed by atoms with E-state index in [1.165, 1.54) is 6.20 Å². The first-order chi connectivity index (χ1) is 7.42. The third-order valence-corrected chi connectivity index (χ3v) is 2.60. The lowest BCUT2D eigenvalue weighted by Gasteiger charge is -2.07. The van der Waals surface area contributed by atoms with E-state index in [1.807, 2.05) is 0 Å². The molecule has 0 aromatic carbocycles. The number of nitrogens with zero attached hydrogens (tertiary/aromatic N) is 2. The van der Waals surface area contributed by atoms with Crippen molar-refractivity contribution in [2.24, 2.45) is 11.0 Å². The average Bonchev–Trinajstić information content (AvgIpc) is 2.19. The fraction of sp³-hybridized carbons (Fsp3) is 0.333. The smallest absolute Gasteiger partial charge is 0.239 e. The fourth-order valence-corrected chi connectivity index (χ4v) is 1.42. The number of nitrogens with one attached hydrogen (secondary N) is 2. The number of aromatic nitrogens is 2. The maximum absolute atomic E-state index is 10.7. The maximum Gasteiger partial charge on any atom is 0.239 e. The van der Waals surface area contributed by atoms with Crippen molar-refractivity contribution in [1.29, 1.82) is 0 Å². The van der Waals surface area contributed by atoms with Gasteiger partial charge in [-0.3, -0.25) is 5.43 Å². The molecule has 1 aromatic heterocycles. The molecule has 0 spiro atoms. The highest BCUT2D eigenvalue weighted by molar-refractivity contribution is 7.89. The van der Waals surface area contributed by atoms with Crippen LogP contribution in [0.25, 0.3) is 0 Å². The Morgan fingerprint density at radius 1 is 1.50 bits per heavy atom. The van der Waals surface area contributed by atoms with Crippen LogP contribution in [0.15, 0.2) is 6.20 Å². The molecule has 0 bridgehead atoms. The molecule has 0 fully saturated rings. The minimum absolute atomic E-state index is 0.0968. The molecule has 0 radical (unpaired) electrons. The van der Waals surface area contributed by atoms with Crippen LogP contribution in [-0.4, -0.2) is 30.7 Å². The van der Waals surface area contributed by atoms with E-state index in [-0.39, 0.29) is 29.1 Å². The Hall–Kier alpha value is -1.16. The van der Waals surface area contributed by atoms with Crippen LogP contribution in [0.1, 0.15) is 0 Å². The number of anilines is 2. The number of hydrogen-bond donors (Lipinski definition) is 4. The molecule has 0 aliphatic rings. The third-order valence-electron chi connectivity index (χ3n) is 1.55. The van der Waals surface area contributed by atoms with Crippen LogP contribution in [0.2, 0.25) is 5.02 Å². The van der Waals surface area contributed by atoms with Crippen molar-refractivity contribution in [3.8, 4) is 0 Å². The number of sulfonamides is 1. The van der Waals surface area contributed by atoms with Gasteiger partial charge in [-0.25, -0.2) is 24.4 Å². The molecule has 1 heterocycles. The van der Waals surface area contributed by atoms with Crippen LogP contribution in [0.3, 0.4) is 0 Å². The molecule has 0 amide bonds. The third kappa shape index (κ3) is 4.14. The number of rotatable bonds is 5. The Morgan fingerprint density at radius 2 is 2.19 bits per heavy atom. The molecule has 0 saturated carbocycles. The van der Waals surface area contributed by atoms with Gasteiger partial charge in [-0.05, 0) is 0 Å². The van der Waals surface area contributed by atoms with Crippen molar-refractivity contribution in [3.05, 3.63) is 11.2 Å². The second-order valence-corrected chi connectivity index (χ2v) is 4.97. The van der Waals surface area contributed by atoms with Crippen molar-refractivity contribution >= 4 is 33.4 Å². The second kappa shape index (κ2) is 5.25. The highest BCUT2D eigenvalue weighted by atomic mass is 35.5. The number of halogens is 1. The largest absolute Gasteiger partial charge is 0.368 e. The zero-order chi connectivity index (χ0) is 12.2. The number of hydrogen-bond acceptors (Lipinski definition) is 7. The van der Waals surface area contributed by atoms with E-state index in [0.717, 1.165) is 0 Å². The van der Waals surface area contributed by atoms with Crippen LogP contribution in [0.5, 0.6) is 0 Å². The summed E-state index contributed by atoms with van der Waals surface area (Å²) in [6.45, 7) is 0.0968. The lowest BCUT2D eigenvalue weighted by atomic mass is 10.5. The summed E-state index contributed by atoms with van der Waals surface area (Å²) in [5, 5.41) is 7.79. The molecule has 0 atom stereocenters. The predicted molar refractivity (Wildman–Crippen MR) is 61.3 cm³/mol. The van der Waals surface area contributed by atoms with E-state index < -0.39 is 10.0 Å². The molecular weight excluding hydrogens is 256 g/mol. The molecule has 0 aliphatic carbocycles. The molecule has 16 heavy (non-hydrogen) atoms. The molecule has 0 aliphatic heterocycles.